The molecule has 1 amide bonds. The van der Waals surface area contributed by atoms with Crippen LogP contribution in [0.2, 0.25) is 18.1 Å². The quantitative estimate of drug-likeness (QED) is 0.152. The molecule has 2 fully saturated rings. The molecule has 9 heteroatoms. The maximum absolute atomic E-state index is 13.6. The fraction of sp³-hybridized carbons (Fsp3) is 0.677. The average Bonchev–Trinajstić information content (AvgIpc) is 3.42. The summed E-state index contributed by atoms with van der Waals surface area (Å²) in [5.74, 6) is 0.822. The van der Waals surface area contributed by atoms with Gasteiger partial charge < -0.3 is 18.6 Å². The van der Waals surface area contributed by atoms with Crippen LogP contribution in [0.5, 0.6) is 5.75 Å². The SMILES string of the molecule is C=C[C@@H]1OC(c2ccc(OC)cc2)O[C@]1(C)CC[C@H](CC(=O)N1C[C@@H](C(C)(C)C)SC1=S)O[Si](C)(C)C(C)(C)C. The third-order valence-corrected chi connectivity index (χ3v) is 15.2. The number of nitrogens with zero attached hydrogens (tertiary/aromatic N) is 1. The van der Waals surface area contributed by atoms with Gasteiger partial charge in [-0.1, -0.05) is 83.7 Å². The molecule has 0 radical (unpaired) electrons. The first-order chi connectivity index (χ1) is 18.4. The van der Waals surface area contributed by atoms with Gasteiger partial charge in [0, 0.05) is 17.4 Å². The number of ether oxygens (including phenoxy) is 3. The monoisotopic (exact) mass is 607 g/mol. The largest absolute Gasteiger partial charge is 0.497 e. The molecular weight excluding hydrogens is 559 g/mol. The maximum Gasteiger partial charge on any atom is 0.230 e. The summed E-state index contributed by atoms with van der Waals surface area (Å²) in [5, 5.41) is 0.305. The van der Waals surface area contributed by atoms with E-state index in [9.17, 15) is 4.79 Å². The van der Waals surface area contributed by atoms with E-state index in [0.29, 0.717) is 30.1 Å². The van der Waals surface area contributed by atoms with Crippen molar-refractivity contribution in [2.24, 2.45) is 5.41 Å². The summed E-state index contributed by atoms with van der Waals surface area (Å²) < 4.78 is 25.7. The van der Waals surface area contributed by atoms with Crippen LogP contribution in [0.1, 0.15) is 79.6 Å². The summed E-state index contributed by atoms with van der Waals surface area (Å²) >= 11 is 7.28. The molecule has 2 aliphatic rings. The summed E-state index contributed by atoms with van der Waals surface area (Å²) in [5.41, 5.74) is 0.379. The standard InChI is InChI=1S/C31H49NO5S2Si/c1-12-24-31(8,36-27(35-24)21-13-15-22(34-9)16-14-21)18-17-23(37-40(10,11)30(5,6)7)19-26(33)32-20-25(29(2,3)4)39-28(32)38/h12-16,23-25,27H,1,17-20H2,2-11H3/t23-,24+,25+,27?,31-/m1/s1. The zero-order valence-corrected chi connectivity index (χ0v) is 28.7. The van der Waals surface area contributed by atoms with Gasteiger partial charge in [0.05, 0.1) is 25.2 Å². The van der Waals surface area contributed by atoms with Crippen molar-refractivity contribution in [3.8, 4) is 5.75 Å². The van der Waals surface area contributed by atoms with E-state index in [1.165, 1.54) is 0 Å². The van der Waals surface area contributed by atoms with Crippen molar-refractivity contribution in [1.82, 2.24) is 4.90 Å². The van der Waals surface area contributed by atoms with Gasteiger partial charge in [-0.05, 0) is 55.4 Å². The molecule has 224 valence electrons. The molecule has 5 atom stereocenters. The minimum Gasteiger partial charge on any atom is -0.497 e. The highest BCUT2D eigenvalue weighted by Crippen LogP contribution is 2.44. The predicted octanol–water partition coefficient (Wildman–Crippen LogP) is 7.89. The first kappa shape index (κ1) is 33.3. The van der Waals surface area contributed by atoms with Crippen LogP contribution in [-0.2, 0) is 18.7 Å². The van der Waals surface area contributed by atoms with Crippen molar-refractivity contribution < 1.29 is 23.4 Å². The molecule has 1 aromatic rings. The number of carbonyl (C=O) groups excluding carboxylic acids is 1. The molecule has 0 N–H and O–H groups in total. The Morgan fingerprint density at radius 3 is 2.38 bits per heavy atom. The van der Waals surface area contributed by atoms with Crippen molar-refractivity contribution in [2.75, 3.05) is 13.7 Å². The molecule has 0 spiro atoms. The molecule has 3 rings (SSSR count). The zero-order chi connectivity index (χ0) is 30.1. The summed E-state index contributed by atoms with van der Waals surface area (Å²) in [6.07, 6.45) is 2.38. The van der Waals surface area contributed by atoms with Crippen LogP contribution in [0.4, 0.5) is 0 Å². The lowest BCUT2D eigenvalue weighted by Gasteiger charge is -2.40. The van der Waals surface area contributed by atoms with Crippen LogP contribution in [-0.4, -0.2) is 60.2 Å². The van der Waals surface area contributed by atoms with E-state index in [-0.39, 0.29) is 33.8 Å². The van der Waals surface area contributed by atoms with Gasteiger partial charge in [-0.3, -0.25) is 9.69 Å². The van der Waals surface area contributed by atoms with Crippen molar-refractivity contribution in [3.05, 3.63) is 42.5 Å². The van der Waals surface area contributed by atoms with Gasteiger partial charge in [-0.2, -0.15) is 0 Å². The van der Waals surface area contributed by atoms with Gasteiger partial charge in [0.15, 0.2) is 14.6 Å². The van der Waals surface area contributed by atoms with Crippen molar-refractivity contribution in [3.63, 3.8) is 0 Å². The predicted molar refractivity (Wildman–Crippen MR) is 171 cm³/mol. The van der Waals surface area contributed by atoms with Crippen LogP contribution in [0, 0.1) is 5.41 Å². The minimum atomic E-state index is -2.15. The second kappa shape index (κ2) is 12.6. The maximum atomic E-state index is 13.6. The molecule has 1 aromatic carbocycles. The number of benzene rings is 1. The highest BCUT2D eigenvalue weighted by Gasteiger charge is 2.47. The number of methoxy groups -OCH3 is 1. The Hall–Kier alpha value is -1.23. The number of thioether (sulfide) groups is 1. The summed E-state index contributed by atoms with van der Waals surface area (Å²) in [6, 6.07) is 7.72. The number of hydrogen-bond acceptors (Lipinski definition) is 7. The molecular formula is C31H49NO5S2Si. The molecule has 2 aliphatic heterocycles. The van der Waals surface area contributed by atoms with E-state index in [0.717, 1.165) is 11.3 Å². The van der Waals surface area contributed by atoms with E-state index < -0.39 is 20.2 Å². The fourth-order valence-electron chi connectivity index (χ4n) is 4.70. The van der Waals surface area contributed by atoms with Crippen LogP contribution in [0.25, 0.3) is 0 Å². The van der Waals surface area contributed by atoms with Crippen molar-refractivity contribution in [2.45, 2.75) is 115 Å². The molecule has 0 saturated carbocycles. The molecule has 2 heterocycles. The van der Waals surface area contributed by atoms with Gasteiger partial charge in [0.2, 0.25) is 5.91 Å². The van der Waals surface area contributed by atoms with E-state index in [2.05, 4.69) is 68.1 Å². The second-order valence-electron chi connectivity index (χ2n) is 13.8. The van der Waals surface area contributed by atoms with Gasteiger partial charge in [-0.25, -0.2) is 0 Å². The van der Waals surface area contributed by atoms with E-state index >= 15 is 0 Å². The van der Waals surface area contributed by atoms with Crippen molar-refractivity contribution in [1.29, 1.82) is 0 Å². The summed E-state index contributed by atoms with van der Waals surface area (Å²) in [4.78, 5) is 15.4. The smallest absolute Gasteiger partial charge is 0.230 e. The highest BCUT2D eigenvalue weighted by molar-refractivity contribution is 8.23. The Labute approximate surface area is 252 Å². The molecule has 1 unspecified atom stereocenters. The van der Waals surface area contributed by atoms with E-state index in [1.807, 2.05) is 30.3 Å². The Bertz CT molecular complexity index is 1060. The van der Waals surface area contributed by atoms with E-state index in [1.54, 1.807) is 23.8 Å². The lowest BCUT2D eigenvalue weighted by atomic mass is 9.91. The molecule has 0 aromatic heterocycles. The Morgan fingerprint density at radius 1 is 1.25 bits per heavy atom. The minimum absolute atomic E-state index is 0.0183. The average molecular weight is 608 g/mol. The topological polar surface area (TPSA) is 57.2 Å². The number of hydrogen-bond donors (Lipinski definition) is 0. The normalized spacial score (nSPS) is 26.7. The van der Waals surface area contributed by atoms with Crippen LogP contribution < -0.4 is 4.74 Å². The van der Waals surface area contributed by atoms with Crippen LogP contribution >= 0.6 is 24.0 Å². The second-order valence-corrected chi connectivity index (χ2v) is 20.4. The number of thiocarbonyl (C=S) groups is 1. The summed E-state index contributed by atoms with van der Waals surface area (Å²) in [6.45, 7) is 24.5. The van der Waals surface area contributed by atoms with Gasteiger partial charge in [-0.15, -0.1) is 6.58 Å². The lowest BCUT2D eigenvalue weighted by Crippen LogP contribution is -2.46. The van der Waals surface area contributed by atoms with Gasteiger partial charge in [0.1, 0.15) is 16.2 Å². The molecule has 0 aliphatic carbocycles. The Kier molecular flexibility index (Phi) is 10.4. The molecule has 40 heavy (non-hydrogen) atoms. The number of rotatable bonds is 10. The third-order valence-electron chi connectivity index (χ3n) is 8.56. The highest BCUT2D eigenvalue weighted by atomic mass is 32.2. The van der Waals surface area contributed by atoms with Gasteiger partial charge in [0.25, 0.3) is 0 Å². The van der Waals surface area contributed by atoms with Crippen molar-refractivity contribution >= 4 is 42.5 Å². The van der Waals surface area contributed by atoms with Gasteiger partial charge >= 0.3 is 0 Å². The zero-order valence-electron chi connectivity index (χ0n) is 26.0. The fourth-order valence-corrected chi connectivity index (χ4v) is 7.73. The first-order valence-electron chi connectivity index (χ1n) is 14.2. The molecule has 2 saturated heterocycles. The number of amides is 1. The van der Waals surface area contributed by atoms with Crippen LogP contribution in [0.15, 0.2) is 36.9 Å². The molecule has 0 bridgehead atoms. The third kappa shape index (κ3) is 7.78. The van der Waals surface area contributed by atoms with E-state index in [4.69, 9.17) is 30.9 Å². The van der Waals surface area contributed by atoms with Crippen LogP contribution in [0.3, 0.4) is 0 Å². The lowest BCUT2D eigenvalue weighted by molar-refractivity contribution is -0.129. The summed E-state index contributed by atoms with van der Waals surface area (Å²) in [7, 11) is -0.502. The first-order valence-corrected chi connectivity index (χ1v) is 18.4. The molecule has 6 nitrogen and oxygen atoms in total. The Morgan fingerprint density at radius 2 is 1.88 bits per heavy atom. The Balaban J connectivity index is 1.76. The number of carbonyl (C=O) groups is 1.